The first kappa shape index (κ1) is 44.0. The van der Waals surface area contributed by atoms with Crippen LogP contribution in [0.25, 0.3) is 0 Å². The molecule has 0 fully saturated rings. The minimum Gasteiger partial charge on any atom is -0.387 e. The van der Waals surface area contributed by atoms with E-state index in [4.69, 9.17) is 9.05 Å². The van der Waals surface area contributed by atoms with E-state index in [2.05, 4.69) is 31.3 Å². The molecule has 0 radical (unpaired) electrons. The first-order valence-corrected chi connectivity index (χ1v) is 19.7. The molecule has 3 atom stereocenters. The number of amides is 1. The number of unbranched alkanes of at least 4 members (excludes halogenated alkanes) is 17. The number of nitrogens with one attached hydrogen (secondary N) is 1. The third-order valence-corrected chi connectivity index (χ3v) is 8.90. The van der Waals surface area contributed by atoms with Gasteiger partial charge in [-0.15, -0.1) is 0 Å². The number of phosphoric ester groups is 1. The Morgan fingerprint density at radius 3 is 1.76 bits per heavy atom. The highest BCUT2D eigenvalue weighted by Crippen LogP contribution is 2.43. The zero-order valence-electron chi connectivity index (χ0n) is 29.9. The lowest BCUT2D eigenvalue weighted by Gasteiger charge is -2.25. The molecule has 8 nitrogen and oxygen atoms in total. The van der Waals surface area contributed by atoms with Crippen LogP contribution in [0.4, 0.5) is 0 Å². The molecule has 9 heteroatoms. The molecule has 0 heterocycles. The molecule has 0 rings (SSSR count). The fourth-order valence-electron chi connectivity index (χ4n) is 4.90. The Hall–Kier alpha value is -1.02. The van der Waals surface area contributed by atoms with Gasteiger partial charge >= 0.3 is 7.82 Å². The van der Waals surface area contributed by atoms with Crippen LogP contribution in [0.2, 0.25) is 0 Å². The molecule has 0 saturated carbocycles. The standard InChI is InChI=1S/C36H71N2O6P/c1-6-8-10-12-13-14-15-16-17-18-19-20-21-22-23-24-25-26-28-30-36(40)37-34(35(39)29-27-11-9-7-2)33-44-45(41,42)43-32-31-38(3,4)5/h16-17,27,29,34-35,39H,6-15,18-26,28,30-33H2,1-5H3,(H-,37,40,41,42)/p+1/b17-16-,29-27+. The zero-order chi connectivity index (χ0) is 33.7. The van der Waals surface area contributed by atoms with Crippen LogP contribution >= 0.6 is 7.82 Å². The second-order valence-electron chi connectivity index (χ2n) is 13.6. The van der Waals surface area contributed by atoms with E-state index in [0.717, 1.165) is 38.5 Å². The number of hydrogen-bond acceptors (Lipinski definition) is 5. The Kier molecular flexibility index (Phi) is 28.5. The number of quaternary nitrogens is 1. The minimum absolute atomic E-state index is 0.0603. The maximum absolute atomic E-state index is 12.7. The van der Waals surface area contributed by atoms with Gasteiger partial charge in [0.25, 0.3) is 0 Å². The van der Waals surface area contributed by atoms with Gasteiger partial charge in [0, 0.05) is 6.42 Å². The van der Waals surface area contributed by atoms with Crippen LogP contribution in [0.5, 0.6) is 0 Å². The Morgan fingerprint density at radius 2 is 1.22 bits per heavy atom. The van der Waals surface area contributed by atoms with Gasteiger partial charge in [0.1, 0.15) is 13.2 Å². The van der Waals surface area contributed by atoms with Crippen LogP contribution in [0.15, 0.2) is 24.3 Å². The van der Waals surface area contributed by atoms with E-state index in [9.17, 15) is 19.4 Å². The molecular weight excluding hydrogens is 587 g/mol. The Balaban J connectivity index is 4.16. The van der Waals surface area contributed by atoms with Gasteiger partial charge in [-0.2, -0.15) is 0 Å². The van der Waals surface area contributed by atoms with Crippen LogP contribution < -0.4 is 5.32 Å². The summed E-state index contributed by atoms with van der Waals surface area (Å²) in [7, 11) is 1.56. The summed E-state index contributed by atoms with van der Waals surface area (Å²) in [5.74, 6) is -0.190. The van der Waals surface area contributed by atoms with Gasteiger partial charge in [-0.3, -0.25) is 13.8 Å². The second-order valence-corrected chi connectivity index (χ2v) is 15.0. The van der Waals surface area contributed by atoms with Crippen LogP contribution in [0.1, 0.15) is 149 Å². The molecule has 0 aliphatic carbocycles. The van der Waals surface area contributed by atoms with Gasteiger partial charge in [0.05, 0.1) is 39.9 Å². The van der Waals surface area contributed by atoms with Gasteiger partial charge in [-0.25, -0.2) is 4.57 Å². The fraction of sp³-hybridized carbons (Fsp3) is 0.861. The molecule has 0 saturated heterocycles. The van der Waals surface area contributed by atoms with E-state index in [1.54, 1.807) is 6.08 Å². The van der Waals surface area contributed by atoms with E-state index >= 15 is 0 Å². The number of allylic oxidation sites excluding steroid dienone is 3. The molecule has 45 heavy (non-hydrogen) atoms. The molecule has 0 bridgehead atoms. The van der Waals surface area contributed by atoms with Crippen molar-refractivity contribution in [3.63, 3.8) is 0 Å². The Bertz CT molecular complexity index is 799. The van der Waals surface area contributed by atoms with Crippen molar-refractivity contribution in [1.82, 2.24) is 5.32 Å². The first-order chi connectivity index (χ1) is 21.5. The monoisotopic (exact) mass is 660 g/mol. The van der Waals surface area contributed by atoms with E-state index in [-0.39, 0.29) is 19.1 Å². The number of likely N-dealkylation sites (N-methyl/N-ethyl adjacent to an activating group) is 1. The summed E-state index contributed by atoms with van der Waals surface area (Å²) in [5.41, 5.74) is 0. The van der Waals surface area contributed by atoms with Crippen molar-refractivity contribution >= 4 is 13.7 Å². The predicted octanol–water partition coefficient (Wildman–Crippen LogP) is 9.02. The molecular formula is C36H72N2O6P+. The lowest BCUT2D eigenvalue weighted by atomic mass is 10.0. The Morgan fingerprint density at radius 1 is 0.733 bits per heavy atom. The summed E-state index contributed by atoms with van der Waals surface area (Å²) in [4.78, 5) is 22.7. The maximum atomic E-state index is 12.7. The quantitative estimate of drug-likeness (QED) is 0.0288. The largest absolute Gasteiger partial charge is 0.472 e. The van der Waals surface area contributed by atoms with E-state index in [1.165, 1.54) is 89.9 Å². The molecule has 3 unspecified atom stereocenters. The van der Waals surface area contributed by atoms with Gasteiger partial charge in [0.15, 0.2) is 0 Å². The zero-order valence-corrected chi connectivity index (χ0v) is 30.8. The normalized spacial score (nSPS) is 15.1. The number of aliphatic hydroxyl groups is 1. The second kappa shape index (κ2) is 29.1. The summed E-state index contributed by atoms with van der Waals surface area (Å²) in [6.45, 7) is 4.63. The van der Waals surface area contributed by atoms with Crippen molar-refractivity contribution in [2.75, 3.05) is 40.9 Å². The maximum Gasteiger partial charge on any atom is 0.472 e. The average Bonchev–Trinajstić information content (AvgIpc) is 2.97. The Labute approximate surface area is 277 Å². The van der Waals surface area contributed by atoms with Gasteiger partial charge < -0.3 is 19.8 Å². The van der Waals surface area contributed by atoms with E-state index < -0.39 is 20.0 Å². The summed E-state index contributed by atoms with van der Waals surface area (Å²) in [6, 6.07) is -0.839. The van der Waals surface area contributed by atoms with Crippen LogP contribution in [-0.2, 0) is 18.4 Å². The molecule has 266 valence electrons. The SMILES string of the molecule is CCCC/C=C/C(O)C(COP(=O)(O)OCC[N+](C)(C)C)NC(=O)CCCCCCCCCCC/C=C\CCCCCCCC. The summed E-state index contributed by atoms with van der Waals surface area (Å²) in [5, 5.41) is 13.5. The molecule has 0 aliphatic rings. The summed E-state index contributed by atoms with van der Waals surface area (Å²) >= 11 is 0. The molecule has 3 N–H and O–H groups in total. The number of hydrogen-bond donors (Lipinski definition) is 3. The van der Waals surface area contributed by atoms with Crippen LogP contribution in [-0.4, -0.2) is 73.4 Å². The minimum atomic E-state index is -4.31. The third-order valence-electron chi connectivity index (χ3n) is 7.92. The number of phosphoric acid groups is 1. The highest BCUT2D eigenvalue weighted by Gasteiger charge is 2.27. The topological polar surface area (TPSA) is 105 Å². The first-order valence-electron chi connectivity index (χ1n) is 18.2. The fourth-order valence-corrected chi connectivity index (χ4v) is 5.64. The molecule has 0 spiro atoms. The van der Waals surface area contributed by atoms with Crippen molar-refractivity contribution in [3.05, 3.63) is 24.3 Å². The molecule has 0 aromatic carbocycles. The smallest absolute Gasteiger partial charge is 0.387 e. The lowest BCUT2D eigenvalue weighted by molar-refractivity contribution is -0.870. The van der Waals surface area contributed by atoms with Crippen molar-refractivity contribution in [2.45, 2.75) is 161 Å². The number of rotatable bonds is 32. The van der Waals surface area contributed by atoms with Crippen LogP contribution in [0, 0.1) is 0 Å². The van der Waals surface area contributed by atoms with Crippen molar-refractivity contribution in [2.24, 2.45) is 0 Å². The molecule has 1 amide bonds. The number of nitrogens with zero attached hydrogens (tertiary/aromatic N) is 1. The lowest BCUT2D eigenvalue weighted by Crippen LogP contribution is -2.45. The predicted molar refractivity (Wildman–Crippen MR) is 189 cm³/mol. The number of carbonyl (C=O) groups is 1. The highest BCUT2D eigenvalue weighted by atomic mass is 31.2. The highest BCUT2D eigenvalue weighted by molar-refractivity contribution is 7.47. The van der Waals surface area contributed by atoms with Gasteiger partial charge in [0.2, 0.25) is 5.91 Å². The van der Waals surface area contributed by atoms with Gasteiger partial charge in [-0.1, -0.05) is 128 Å². The number of carbonyl (C=O) groups excluding carboxylic acids is 1. The van der Waals surface area contributed by atoms with Crippen molar-refractivity contribution in [3.8, 4) is 0 Å². The van der Waals surface area contributed by atoms with Crippen molar-refractivity contribution < 1.29 is 32.9 Å². The van der Waals surface area contributed by atoms with Crippen LogP contribution in [0.3, 0.4) is 0 Å². The third kappa shape index (κ3) is 31.4. The van der Waals surface area contributed by atoms with E-state index in [0.29, 0.717) is 17.4 Å². The average molecular weight is 660 g/mol. The van der Waals surface area contributed by atoms with E-state index in [1.807, 2.05) is 27.2 Å². The number of aliphatic hydroxyl groups excluding tert-OH is 1. The summed E-state index contributed by atoms with van der Waals surface area (Å²) in [6.07, 6.45) is 31.6. The molecule has 0 aromatic heterocycles. The van der Waals surface area contributed by atoms with Crippen molar-refractivity contribution in [1.29, 1.82) is 0 Å². The molecule has 0 aliphatic heterocycles. The molecule has 0 aromatic rings. The summed E-state index contributed by atoms with van der Waals surface area (Å²) < 4.78 is 23.2. The van der Waals surface area contributed by atoms with Gasteiger partial charge in [-0.05, 0) is 38.5 Å².